The minimum Gasteiger partial charge on any atom is -0.394 e. The summed E-state index contributed by atoms with van der Waals surface area (Å²) in [5.74, 6) is -0.140. The third-order valence-electron chi connectivity index (χ3n) is 2.86. The van der Waals surface area contributed by atoms with E-state index in [0.717, 1.165) is 16.6 Å². The van der Waals surface area contributed by atoms with E-state index in [1.54, 1.807) is 6.07 Å². The summed E-state index contributed by atoms with van der Waals surface area (Å²) in [4.78, 5) is 16.6. The fourth-order valence-corrected chi connectivity index (χ4v) is 1.99. The Morgan fingerprint density at radius 2 is 2.15 bits per heavy atom. The fourth-order valence-electron chi connectivity index (χ4n) is 1.99. The number of aryl methyl sites for hydroxylation is 1. The monoisotopic (exact) mass is 274 g/mol. The van der Waals surface area contributed by atoms with E-state index in [2.05, 4.69) is 10.3 Å². The molecule has 5 heteroatoms. The molecule has 0 radical (unpaired) electrons. The van der Waals surface area contributed by atoms with Gasteiger partial charge < -0.3 is 15.2 Å². The van der Waals surface area contributed by atoms with Gasteiger partial charge in [0, 0.05) is 17.6 Å². The number of amides is 1. The summed E-state index contributed by atoms with van der Waals surface area (Å²) in [5, 5.41) is 12.2. The van der Waals surface area contributed by atoms with Crippen LogP contribution in [0.5, 0.6) is 0 Å². The van der Waals surface area contributed by atoms with Crippen molar-refractivity contribution in [3.8, 4) is 0 Å². The molecule has 0 saturated carbocycles. The second-order valence-corrected chi connectivity index (χ2v) is 4.42. The van der Waals surface area contributed by atoms with Crippen LogP contribution in [-0.2, 0) is 4.74 Å². The average molecular weight is 274 g/mol. The molecule has 0 bridgehead atoms. The number of ether oxygens (including phenoxy) is 1. The summed E-state index contributed by atoms with van der Waals surface area (Å²) in [6.45, 7) is 2.94. The standard InChI is InChI=1S/C15H18N2O3/c1-11-10-13(12-4-2-3-5-14(12)17-11)15(19)16-6-8-20-9-7-18/h2-5,10,18H,6-9H2,1H3,(H,16,19). The molecule has 0 unspecified atom stereocenters. The number of carbonyl (C=O) groups is 1. The number of fused-ring (bicyclic) bond motifs is 1. The van der Waals surface area contributed by atoms with E-state index in [1.807, 2.05) is 31.2 Å². The number of benzene rings is 1. The number of rotatable bonds is 6. The molecule has 2 rings (SSSR count). The Morgan fingerprint density at radius 3 is 2.95 bits per heavy atom. The highest BCUT2D eigenvalue weighted by Gasteiger charge is 2.11. The van der Waals surface area contributed by atoms with Gasteiger partial charge in [-0.15, -0.1) is 0 Å². The molecule has 1 heterocycles. The van der Waals surface area contributed by atoms with Gasteiger partial charge in [-0.2, -0.15) is 0 Å². The predicted molar refractivity (Wildman–Crippen MR) is 76.7 cm³/mol. The van der Waals surface area contributed by atoms with E-state index >= 15 is 0 Å². The van der Waals surface area contributed by atoms with Crippen LogP contribution in [-0.4, -0.2) is 42.4 Å². The Balaban J connectivity index is 2.09. The third-order valence-corrected chi connectivity index (χ3v) is 2.86. The van der Waals surface area contributed by atoms with Gasteiger partial charge in [-0.25, -0.2) is 0 Å². The van der Waals surface area contributed by atoms with Gasteiger partial charge in [0.25, 0.3) is 5.91 Å². The van der Waals surface area contributed by atoms with E-state index in [0.29, 0.717) is 18.7 Å². The zero-order valence-corrected chi connectivity index (χ0v) is 11.4. The maximum atomic E-state index is 12.2. The second-order valence-electron chi connectivity index (χ2n) is 4.42. The number of hydrogen-bond acceptors (Lipinski definition) is 4. The number of nitrogens with zero attached hydrogens (tertiary/aromatic N) is 1. The molecule has 1 amide bonds. The van der Waals surface area contributed by atoms with Gasteiger partial charge in [-0.05, 0) is 19.1 Å². The Kier molecular flexibility index (Phi) is 5.03. The zero-order valence-electron chi connectivity index (χ0n) is 11.4. The molecule has 5 nitrogen and oxygen atoms in total. The van der Waals surface area contributed by atoms with Gasteiger partial charge in [0.15, 0.2) is 0 Å². The Morgan fingerprint density at radius 1 is 1.35 bits per heavy atom. The molecule has 20 heavy (non-hydrogen) atoms. The van der Waals surface area contributed by atoms with Gasteiger partial charge in [0.2, 0.25) is 0 Å². The van der Waals surface area contributed by atoms with Crippen molar-refractivity contribution in [1.29, 1.82) is 0 Å². The van der Waals surface area contributed by atoms with Crippen LogP contribution in [0, 0.1) is 6.92 Å². The molecule has 0 atom stereocenters. The molecular formula is C15H18N2O3. The predicted octanol–water partition coefficient (Wildman–Crippen LogP) is 1.28. The van der Waals surface area contributed by atoms with E-state index in [-0.39, 0.29) is 19.1 Å². The van der Waals surface area contributed by atoms with Crippen LogP contribution in [0.2, 0.25) is 0 Å². The molecule has 1 aromatic carbocycles. The van der Waals surface area contributed by atoms with Gasteiger partial charge in [-0.3, -0.25) is 9.78 Å². The van der Waals surface area contributed by atoms with Crippen molar-refractivity contribution < 1.29 is 14.6 Å². The SMILES string of the molecule is Cc1cc(C(=O)NCCOCCO)c2ccccc2n1. The molecule has 0 fully saturated rings. The highest BCUT2D eigenvalue weighted by Crippen LogP contribution is 2.17. The summed E-state index contributed by atoms with van der Waals surface area (Å²) in [5.41, 5.74) is 2.25. The number of para-hydroxylation sites is 1. The maximum Gasteiger partial charge on any atom is 0.252 e. The van der Waals surface area contributed by atoms with Crippen LogP contribution >= 0.6 is 0 Å². The quantitative estimate of drug-likeness (QED) is 0.778. The molecule has 2 N–H and O–H groups in total. The topological polar surface area (TPSA) is 71.5 Å². The number of aliphatic hydroxyl groups excluding tert-OH is 1. The third kappa shape index (κ3) is 3.53. The van der Waals surface area contributed by atoms with Gasteiger partial charge in [0.05, 0.1) is 30.9 Å². The summed E-state index contributed by atoms with van der Waals surface area (Å²) < 4.78 is 5.10. The van der Waals surface area contributed by atoms with Crippen LogP contribution in [0.4, 0.5) is 0 Å². The largest absolute Gasteiger partial charge is 0.394 e. The molecule has 0 aliphatic carbocycles. The molecule has 0 saturated heterocycles. The van der Waals surface area contributed by atoms with E-state index < -0.39 is 0 Å². The first-order valence-electron chi connectivity index (χ1n) is 6.55. The minimum absolute atomic E-state index is 0.0118. The van der Waals surface area contributed by atoms with Crippen molar-refractivity contribution in [2.24, 2.45) is 0 Å². The Hall–Kier alpha value is -1.98. The maximum absolute atomic E-state index is 12.2. The van der Waals surface area contributed by atoms with Crippen molar-refractivity contribution in [3.05, 3.63) is 41.6 Å². The average Bonchev–Trinajstić information content (AvgIpc) is 2.46. The lowest BCUT2D eigenvalue weighted by atomic mass is 10.1. The van der Waals surface area contributed by atoms with Gasteiger partial charge >= 0.3 is 0 Å². The number of pyridine rings is 1. The zero-order chi connectivity index (χ0) is 14.4. The van der Waals surface area contributed by atoms with Crippen molar-refractivity contribution >= 4 is 16.8 Å². The number of aliphatic hydroxyl groups is 1. The lowest BCUT2D eigenvalue weighted by Gasteiger charge is -2.09. The highest BCUT2D eigenvalue weighted by atomic mass is 16.5. The summed E-state index contributed by atoms with van der Waals surface area (Å²) in [6.07, 6.45) is 0. The summed E-state index contributed by atoms with van der Waals surface area (Å²) in [7, 11) is 0. The first-order valence-corrected chi connectivity index (χ1v) is 6.55. The van der Waals surface area contributed by atoms with E-state index in [1.165, 1.54) is 0 Å². The first-order chi connectivity index (χ1) is 9.72. The molecule has 1 aromatic heterocycles. The Bertz CT molecular complexity index is 599. The second kappa shape index (κ2) is 6.98. The van der Waals surface area contributed by atoms with Crippen LogP contribution in [0.3, 0.4) is 0 Å². The van der Waals surface area contributed by atoms with Crippen molar-refractivity contribution in [2.75, 3.05) is 26.4 Å². The summed E-state index contributed by atoms with van der Waals surface area (Å²) >= 11 is 0. The molecule has 106 valence electrons. The molecule has 0 aliphatic rings. The van der Waals surface area contributed by atoms with Gasteiger partial charge in [0.1, 0.15) is 0 Å². The molecule has 0 spiro atoms. The first kappa shape index (κ1) is 14.4. The number of aromatic nitrogens is 1. The van der Waals surface area contributed by atoms with Crippen molar-refractivity contribution in [3.63, 3.8) is 0 Å². The fraction of sp³-hybridized carbons (Fsp3) is 0.333. The number of carbonyl (C=O) groups excluding carboxylic acids is 1. The minimum atomic E-state index is -0.140. The number of hydrogen-bond donors (Lipinski definition) is 2. The van der Waals surface area contributed by atoms with Crippen LogP contribution in [0.15, 0.2) is 30.3 Å². The van der Waals surface area contributed by atoms with Gasteiger partial charge in [-0.1, -0.05) is 18.2 Å². The van der Waals surface area contributed by atoms with Crippen molar-refractivity contribution in [2.45, 2.75) is 6.92 Å². The Labute approximate surface area is 117 Å². The van der Waals surface area contributed by atoms with E-state index in [9.17, 15) is 4.79 Å². The summed E-state index contributed by atoms with van der Waals surface area (Å²) in [6, 6.07) is 9.36. The molecule has 2 aromatic rings. The highest BCUT2D eigenvalue weighted by molar-refractivity contribution is 6.06. The lowest BCUT2D eigenvalue weighted by Crippen LogP contribution is -2.28. The van der Waals surface area contributed by atoms with E-state index in [4.69, 9.17) is 9.84 Å². The van der Waals surface area contributed by atoms with Crippen molar-refractivity contribution in [1.82, 2.24) is 10.3 Å². The normalized spacial score (nSPS) is 10.7. The lowest BCUT2D eigenvalue weighted by molar-refractivity contribution is 0.0839. The molecular weight excluding hydrogens is 256 g/mol. The number of nitrogens with one attached hydrogen (secondary N) is 1. The molecule has 0 aliphatic heterocycles. The van der Waals surface area contributed by atoms with Crippen LogP contribution in [0.25, 0.3) is 10.9 Å². The van der Waals surface area contributed by atoms with Crippen LogP contribution in [0.1, 0.15) is 16.1 Å². The van der Waals surface area contributed by atoms with Crippen LogP contribution < -0.4 is 5.32 Å². The smallest absolute Gasteiger partial charge is 0.252 e.